The van der Waals surface area contributed by atoms with Crippen LogP contribution in [0.1, 0.15) is 11.3 Å². The molecule has 29 heavy (non-hydrogen) atoms. The van der Waals surface area contributed by atoms with Crippen LogP contribution in [-0.2, 0) is 22.4 Å². The van der Waals surface area contributed by atoms with Crippen LogP contribution in [-0.4, -0.2) is 52.7 Å². The summed E-state index contributed by atoms with van der Waals surface area (Å²) in [5, 5.41) is 4.18. The second-order valence-corrected chi connectivity index (χ2v) is 9.64. The highest BCUT2D eigenvalue weighted by Gasteiger charge is 2.30. The van der Waals surface area contributed by atoms with Gasteiger partial charge in [-0.05, 0) is 64.6 Å². The summed E-state index contributed by atoms with van der Waals surface area (Å²) >= 11 is 8.97. The van der Waals surface area contributed by atoms with Gasteiger partial charge in [-0.3, -0.25) is 4.98 Å². The summed E-state index contributed by atoms with van der Waals surface area (Å²) in [6.45, 7) is 5.62. The van der Waals surface area contributed by atoms with E-state index in [2.05, 4.69) is 66.3 Å². The summed E-state index contributed by atoms with van der Waals surface area (Å²) in [5.41, 5.74) is 2.29. The van der Waals surface area contributed by atoms with E-state index in [1.807, 2.05) is 30.5 Å². The number of halogens is 1. The number of thiocarbonyl (C=S) groups is 1. The Morgan fingerprint density at radius 2 is 2.00 bits per heavy atom. The van der Waals surface area contributed by atoms with E-state index in [0.717, 1.165) is 70.5 Å². The second-order valence-electron chi connectivity index (χ2n) is 7.23. The van der Waals surface area contributed by atoms with Crippen LogP contribution >= 0.6 is 46.9 Å². The maximum atomic E-state index is 5.62. The lowest BCUT2D eigenvalue weighted by Crippen LogP contribution is -2.59. The molecule has 1 saturated heterocycles. The van der Waals surface area contributed by atoms with Crippen molar-refractivity contribution in [1.82, 2.24) is 15.2 Å². The average molecular weight is 546 g/mol. The molecule has 0 atom stereocenters. The lowest BCUT2D eigenvalue weighted by molar-refractivity contribution is -0.926. The molecule has 156 valence electrons. The van der Waals surface area contributed by atoms with E-state index in [1.54, 1.807) is 0 Å². The minimum Gasteiger partial charge on any atom is -0.358 e. The number of nitrogens with one attached hydrogen (secondary N) is 1. The van der Waals surface area contributed by atoms with E-state index in [0.29, 0.717) is 6.54 Å². The van der Waals surface area contributed by atoms with Gasteiger partial charge in [0.15, 0.2) is 5.11 Å². The van der Waals surface area contributed by atoms with Crippen molar-refractivity contribution < 1.29 is 13.8 Å². The Balaban J connectivity index is 1.44. The first-order chi connectivity index (χ1) is 14.0. The van der Waals surface area contributed by atoms with Gasteiger partial charge in [-0.15, -0.1) is 9.32 Å². The molecular weight excluding hydrogens is 521 g/mol. The molecule has 0 amide bonds. The highest BCUT2D eigenvalue weighted by Crippen LogP contribution is 2.19. The smallest absolute Gasteiger partial charge is 0.169 e. The molecule has 3 N–H and O–H groups in total. The monoisotopic (exact) mass is 546 g/mol. The number of aromatic nitrogens is 1. The molecule has 1 aliphatic heterocycles. The van der Waals surface area contributed by atoms with Gasteiger partial charge in [-0.25, -0.2) is 0 Å². The number of hydrogen-bond acceptors (Lipinski definition) is 6. The Bertz CT molecular complexity index is 799. The van der Waals surface area contributed by atoms with Crippen LogP contribution in [0.5, 0.6) is 0 Å². The van der Waals surface area contributed by atoms with Gasteiger partial charge < -0.3 is 14.7 Å². The highest BCUT2D eigenvalue weighted by molar-refractivity contribution is 14.1. The Labute approximate surface area is 194 Å². The van der Waals surface area contributed by atoms with E-state index in [4.69, 9.17) is 18.1 Å². The third kappa shape index (κ3) is 7.02. The molecule has 1 aliphatic rings. The molecule has 0 radical (unpaired) electrons. The van der Waals surface area contributed by atoms with E-state index in [1.165, 1.54) is 3.57 Å². The molecule has 3 rings (SSSR count). The predicted octanol–water partition coefficient (Wildman–Crippen LogP) is 2.85. The number of likely N-dealkylation sites (N-methyl/N-ethyl adjacent to an activating group) is 1. The molecule has 7 nitrogen and oxygen atoms in total. The van der Waals surface area contributed by atoms with Crippen molar-refractivity contribution in [2.24, 2.45) is 5.90 Å². The molecule has 10 heteroatoms. The zero-order valence-electron chi connectivity index (χ0n) is 16.2. The first kappa shape index (κ1) is 22.7. The summed E-state index contributed by atoms with van der Waals surface area (Å²) in [5.74, 6) is 4.84. The van der Waals surface area contributed by atoms with Crippen molar-refractivity contribution in [2.75, 3.05) is 33.2 Å². The van der Waals surface area contributed by atoms with Crippen LogP contribution in [0.15, 0.2) is 47.5 Å². The molecule has 1 fully saturated rings. The zero-order chi connectivity index (χ0) is 20.7. The fraction of sp³-hybridized carbons (Fsp3) is 0.368. The van der Waals surface area contributed by atoms with Crippen LogP contribution in [0.3, 0.4) is 0 Å². The maximum absolute atomic E-state index is 5.62. The lowest BCUT2D eigenvalue weighted by Gasteiger charge is -2.42. The molecule has 0 unspecified atom stereocenters. The quantitative estimate of drug-likeness (QED) is 0.137. The van der Waals surface area contributed by atoms with Crippen molar-refractivity contribution in [1.29, 1.82) is 0 Å². The van der Waals surface area contributed by atoms with Crippen molar-refractivity contribution in [3.8, 4) is 0 Å². The minimum absolute atomic E-state index is 0.688. The summed E-state index contributed by atoms with van der Waals surface area (Å²) in [6.07, 6.45) is 1.93. The fourth-order valence-electron chi connectivity index (χ4n) is 3.21. The van der Waals surface area contributed by atoms with E-state index >= 15 is 0 Å². The van der Waals surface area contributed by atoms with E-state index in [-0.39, 0.29) is 0 Å². The largest absolute Gasteiger partial charge is 0.358 e. The Kier molecular flexibility index (Phi) is 8.47. The van der Waals surface area contributed by atoms with Gasteiger partial charge in [0.1, 0.15) is 6.54 Å². The summed E-state index contributed by atoms with van der Waals surface area (Å²) in [6, 6.07) is 12.2. The van der Waals surface area contributed by atoms with Gasteiger partial charge in [0, 0.05) is 21.2 Å². The number of rotatable bonds is 7. The van der Waals surface area contributed by atoms with Gasteiger partial charge in [0.05, 0.1) is 51.0 Å². The number of hydrogen-bond donors (Lipinski definition) is 2. The molecular formula is C19H25IN5O2S2+. The van der Waals surface area contributed by atoms with Crippen molar-refractivity contribution >= 4 is 52.0 Å². The molecule has 1 aromatic heterocycles. The van der Waals surface area contributed by atoms with Crippen molar-refractivity contribution in [3.05, 3.63) is 57.4 Å². The predicted molar refractivity (Wildman–Crippen MR) is 126 cm³/mol. The summed E-state index contributed by atoms with van der Waals surface area (Å²) in [7, 11) is 2.30. The Morgan fingerprint density at radius 3 is 2.62 bits per heavy atom. The molecule has 2 heterocycles. The van der Waals surface area contributed by atoms with Gasteiger partial charge in [0.2, 0.25) is 0 Å². The van der Waals surface area contributed by atoms with Gasteiger partial charge in [-0.1, -0.05) is 12.1 Å². The van der Waals surface area contributed by atoms with Gasteiger partial charge >= 0.3 is 0 Å². The van der Waals surface area contributed by atoms with Crippen LogP contribution in [0.2, 0.25) is 0 Å². The summed E-state index contributed by atoms with van der Waals surface area (Å²) in [4.78, 5) is 11.8. The van der Waals surface area contributed by atoms with Crippen LogP contribution < -0.4 is 11.2 Å². The molecule has 0 aliphatic carbocycles. The lowest BCUT2D eigenvalue weighted by atomic mass is 10.2. The maximum Gasteiger partial charge on any atom is 0.169 e. The third-order valence-corrected chi connectivity index (χ3v) is 6.63. The number of nitrogens with zero attached hydrogens (tertiary/aromatic N) is 3. The number of pyridine rings is 1. The number of nitrogens with two attached hydrogens (primary N) is 1. The van der Waals surface area contributed by atoms with Gasteiger partial charge in [-0.2, -0.15) is 5.90 Å². The number of piperazine rings is 1. The van der Waals surface area contributed by atoms with Crippen molar-refractivity contribution in [3.63, 3.8) is 0 Å². The van der Waals surface area contributed by atoms with Crippen LogP contribution in [0.4, 0.5) is 0 Å². The zero-order valence-corrected chi connectivity index (χ0v) is 20.0. The number of benzene rings is 1. The summed E-state index contributed by atoms with van der Waals surface area (Å²) < 4.78 is 6.80. The van der Waals surface area contributed by atoms with Crippen LogP contribution in [0, 0.1) is 3.57 Å². The molecule has 2 aromatic rings. The molecule has 0 spiro atoms. The molecule has 1 aromatic carbocycles. The van der Waals surface area contributed by atoms with E-state index in [9.17, 15) is 0 Å². The SMILES string of the molecule is C[N+]1(Cc2ccc(I)cn2)CCN(C(=S)NCc2ccc(SOON)cc2)CC1. The third-order valence-electron chi connectivity index (χ3n) is 4.98. The first-order valence-electron chi connectivity index (χ1n) is 9.23. The van der Waals surface area contributed by atoms with Gasteiger partial charge in [0.25, 0.3) is 0 Å². The standard InChI is InChI=1S/C19H24IN5O2S2/c1-25(14-17-5-4-16(20)13-22-17)10-8-24(9-11-25)19(28)23-12-15-2-6-18(7-3-15)29-27-26-21/h2-7,13H,8-12,14,21H2,1H3/p+1. The first-order valence-corrected chi connectivity index (χ1v) is 11.5. The Morgan fingerprint density at radius 1 is 1.28 bits per heavy atom. The fourth-order valence-corrected chi connectivity index (χ4v) is 4.15. The number of quaternary nitrogens is 1. The second kappa shape index (κ2) is 10.8. The minimum atomic E-state index is 0.688. The molecule has 0 bridgehead atoms. The van der Waals surface area contributed by atoms with Crippen LogP contribution in [0.25, 0.3) is 0 Å². The van der Waals surface area contributed by atoms with Crippen molar-refractivity contribution in [2.45, 2.75) is 18.0 Å². The average Bonchev–Trinajstić information content (AvgIpc) is 2.73. The Hall–Kier alpha value is -1.02. The topological polar surface area (TPSA) is 72.6 Å². The normalized spacial score (nSPS) is 15.9. The van der Waals surface area contributed by atoms with E-state index < -0.39 is 0 Å². The highest BCUT2D eigenvalue weighted by atomic mass is 127. The molecule has 0 saturated carbocycles.